The fourth-order valence-electron chi connectivity index (χ4n) is 4.31. The summed E-state index contributed by atoms with van der Waals surface area (Å²) in [7, 11) is 0. The van der Waals surface area contributed by atoms with E-state index in [1.807, 2.05) is 66.4 Å². The molecular formula is C26H24ClN3O2. The number of para-hydroxylation sites is 1. The van der Waals surface area contributed by atoms with Gasteiger partial charge in [0.05, 0.1) is 16.1 Å². The van der Waals surface area contributed by atoms with Crippen molar-refractivity contribution in [1.29, 1.82) is 0 Å². The minimum absolute atomic E-state index is 0.00375. The number of amidine groups is 1. The zero-order valence-electron chi connectivity index (χ0n) is 18.1. The summed E-state index contributed by atoms with van der Waals surface area (Å²) in [5.74, 6) is 2.39. The first-order valence-electron chi connectivity index (χ1n) is 10.8. The second-order valence-electron chi connectivity index (χ2n) is 8.28. The Kier molecular flexibility index (Phi) is 5.35. The molecule has 3 aromatic rings. The highest BCUT2D eigenvalue weighted by molar-refractivity contribution is 6.33. The average Bonchev–Trinajstić information content (AvgIpc) is 2.95. The molecule has 0 bridgehead atoms. The van der Waals surface area contributed by atoms with Crippen LogP contribution in [0.3, 0.4) is 0 Å². The van der Waals surface area contributed by atoms with Crippen molar-refractivity contribution in [1.82, 2.24) is 9.80 Å². The number of fused-ring (bicyclic) bond motifs is 2. The quantitative estimate of drug-likeness (QED) is 0.484. The molecule has 32 heavy (non-hydrogen) atoms. The molecule has 0 radical (unpaired) electrons. The van der Waals surface area contributed by atoms with Gasteiger partial charge in [-0.1, -0.05) is 41.9 Å². The summed E-state index contributed by atoms with van der Waals surface area (Å²) >= 11 is 6.28. The van der Waals surface area contributed by atoms with Crippen molar-refractivity contribution in [3.63, 3.8) is 0 Å². The number of ether oxygens (including phenoxy) is 1. The van der Waals surface area contributed by atoms with Crippen molar-refractivity contribution in [2.75, 3.05) is 19.6 Å². The van der Waals surface area contributed by atoms with Gasteiger partial charge in [0.1, 0.15) is 17.3 Å². The number of carbonyl (C=O) groups is 1. The lowest BCUT2D eigenvalue weighted by Crippen LogP contribution is -2.55. The van der Waals surface area contributed by atoms with Gasteiger partial charge in [-0.25, -0.2) is 4.99 Å². The Morgan fingerprint density at radius 2 is 1.81 bits per heavy atom. The summed E-state index contributed by atoms with van der Waals surface area (Å²) in [4.78, 5) is 22.3. The molecule has 0 N–H and O–H groups in total. The van der Waals surface area contributed by atoms with E-state index in [9.17, 15) is 4.79 Å². The molecule has 3 aromatic carbocycles. The van der Waals surface area contributed by atoms with Gasteiger partial charge in [0, 0.05) is 25.7 Å². The van der Waals surface area contributed by atoms with Crippen molar-refractivity contribution in [2.45, 2.75) is 19.9 Å². The summed E-state index contributed by atoms with van der Waals surface area (Å²) in [6.07, 6.45) is 0. The van der Waals surface area contributed by atoms with E-state index in [4.69, 9.17) is 21.3 Å². The predicted molar refractivity (Wildman–Crippen MR) is 127 cm³/mol. The molecule has 1 fully saturated rings. The summed E-state index contributed by atoms with van der Waals surface area (Å²) in [5, 5.41) is 0.484. The van der Waals surface area contributed by atoms with Gasteiger partial charge in [-0.05, 0) is 55.8 Å². The molecule has 2 heterocycles. The minimum Gasteiger partial charge on any atom is -0.454 e. The maximum absolute atomic E-state index is 13.1. The van der Waals surface area contributed by atoms with E-state index in [0.717, 1.165) is 34.1 Å². The number of hydrogen-bond donors (Lipinski definition) is 0. The number of benzene rings is 3. The van der Waals surface area contributed by atoms with E-state index in [1.165, 1.54) is 0 Å². The zero-order chi connectivity index (χ0) is 22.2. The second kappa shape index (κ2) is 8.32. The maximum atomic E-state index is 13.1. The van der Waals surface area contributed by atoms with Crippen LogP contribution in [-0.2, 0) is 0 Å². The molecule has 1 unspecified atom stereocenters. The van der Waals surface area contributed by atoms with Gasteiger partial charge in [0.15, 0.2) is 5.75 Å². The molecule has 2 aliphatic heterocycles. The number of hydrogen-bond acceptors (Lipinski definition) is 4. The second-order valence-corrected chi connectivity index (χ2v) is 8.69. The largest absolute Gasteiger partial charge is 0.454 e. The Bertz CT molecular complexity index is 1220. The van der Waals surface area contributed by atoms with Crippen LogP contribution in [0.15, 0.2) is 71.7 Å². The highest BCUT2D eigenvalue weighted by atomic mass is 35.5. The maximum Gasteiger partial charge on any atom is 0.255 e. The third kappa shape index (κ3) is 3.73. The van der Waals surface area contributed by atoms with Crippen molar-refractivity contribution < 1.29 is 9.53 Å². The summed E-state index contributed by atoms with van der Waals surface area (Å²) < 4.78 is 6.24. The summed E-state index contributed by atoms with van der Waals surface area (Å²) in [5.41, 5.74) is 3.44. The third-order valence-electron chi connectivity index (χ3n) is 5.98. The van der Waals surface area contributed by atoms with Crippen LogP contribution in [0.5, 0.6) is 11.5 Å². The zero-order valence-corrected chi connectivity index (χ0v) is 18.8. The van der Waals surface area contributed by atoms with Gasteiger partial charge in [-0.15, -0.1) is 0 Å². The minimum atomic E-state index is -0.0323. The Morgan fingerprint density at radius 1 is 1.03 bits per heavy atom. The number of halogens is 1. The van der Waals surface area contributed by atoms with Crippen molar-refractivity contribution in [2.24, 2.45) is 4.99 Å². The molecule has 162 valence electrons. The summed E-state index contributed by atoms with van der Waals surface area (Å²) in [6.45, 7) is 6.05. The number of piperazine rings is 1. The Morgan fingerprint density at radius 3 is 2.62 bits per heavy atom. The fourth-order valence-corrected chi connectivity index (χ4v) is 4.53. The van der Waals surface area contributed by atoms with Crippen LogP contribution in [0.2, 0.25) is 5.02 Å². The monoisotopic (exact) mass is 445 g/mol. The molecule has 5 rings (SSSR count). The lowest BCUT2D eigenvalue weighted by molar-refractivity contribution is 0.0581. The first-order chi connectivity index (χ1) is 15.5. The molecule has 0 spiro atoms. The Balaban J connectivity index is 1.46. The molecule has 0 aliphatic carbocycles. The topological polar surface area (TPSA) is 45.1 Å². The molecule has 1 atom stereocenters. The molecule has 5 nitrogen and oxygen atoms in total. The number of aryl methyl sites for hydroxylation is 1. The standard InChI is InChI=1S/C26H24ClN3O2/c1-17-11-12-22-24(15-17)32-23-10-6-4-8-20(23)25(28-22)29-13-14-30(18(2)16-29)26(31)19-7-3-5-9-21(19)27/h3-12,15,18H,13-14,16H2,1-2H3. The van der Waals surface area contributed by atoms with Crippen molar-refractivity contribution in [3.8, 4) is 11.5 Å². The van der Waals surface area contributed by atoms with Crippen LogP contribution in [0.1, 0.15) is 28.4 Å². The average molecular weight is 446 g/mol. The SMILES string of the molecule is Cc1ccc2c(c1)Oc1ccccc1C(N1CCN(C(=O)c3ccccc3Cl)C(C)C1)=N2. The molecule has 1 saturated heterocycles. The first-order valence-corrected chi connectivity index (χ1v) is 11.2. The van der Waals surface area contributed by atoms with Gasteiger partial charge < -0.3 is 14.5 Å². The highest BCUT2D eigenvalue weighted by Gasteiger charge is 2.32. The van der Waals surface area contributed by atoms with Gasteiger partial charge in [0.2, 0.25) is 0 Å². The van der Waals surface area contributed by atoms with Gasteiger partial charge >= 0.3 is 0 Å². The number of rotatable bonds is 1. The number of amides is 1. The molecule has 1 amide bonds. The van der Waals surface area contributed by atoms with Gasteiger partial charge in [0.25, 0.3) is 5.91 Å². The van der Waals surface area contributed by atoms with Gasteiger partial charge in [-0.2, -0.15) is 0 Å². The van der Waals surface area contributed by atoms with Crippen LogP contribution < -0.4 is 4.74 Å². The van der Waals surface area contributed by atoms with E-state index in [2.05, 4.69) is 11.8 Å². The third-order valence-corrected chi connectivity index (χ3v) is 6.31. The van der Waals surface area contributed by atoms with Crippen molar-refractivity contribution in [3.05, 3.63) is 88.4 Å². The Labute approximate surface area is 192 Å². The highest BCUT2D eigenvalue weighted by Crippen LogP contribution is 2.39. The van der Waals surface area contributed by atoms with E-state index in [-0.39, 0.29) is 11.9 Å². The van der Waals surface area contributed by atoms with Crippen LogP contribution >= 0.6 is 11.6 Å². The number of carbonyl (C=O) groups excluding carboxylic acids is 1. The summed E-state index contributed by atoms with van der Waals surface area (Å²) in [6, 6.07) is 21.3. The predicted octanol–water partition coefficient (Wildman–Crippen LogP) is 5.68. The van der Waals surface area contributed by atoms with E-state index < -0.39 is 0 Å². The lowest BCUT2D eigenvalue weighted by atomic mass is 10.1. The van der Waals surface area contributed by atoms with Crippen LogP contribution in [0.25, 0.3) is 0 Å². The number of aliphatic imine (C=N–C) groups is 1. The van der Waals surface area contributed by atoms with E-state index >= 15 is 0 Å². The molecule has 2 aliphatic rings. The molecule has 0 saturated carbocycles. The molecule has 6 heteroatoms. The van der Waals surface area contributed by atoms with Crippen LogP contribution in [0.4, 0.5) is 5.69 Å². The molecular weight excluding hydrogens is 422 g/mol. The van der Waals surface area contributed by atoms with E-state index in [0.29, 0.717) is 30.2 Å². The smallest absolute Gasteiger partial charge is 0.255 e. The van der Waals surface area contributed by atoms with Crippen LogP contribution in [0, 0.1) is 6.92 Å². The number of nitrogens with zero attached hydrogens (tertiary/aromatic N) is 3. The molecule has 0 aromatic heterocycles. The van der Waals surface area contributed by atoms with Crippen molar-refractivity contribution >= 4 is 29.0 Å². The van der Waals surface area contributed by atoms with Gasteiger partial charge in [-0.3, -0.25) is 4.79 Å². The first kappa shape index (κ1) is 20.6. The van der Waals surface area contributed by atoms with E-state index in [1.54, 1.807) is 12.1 Å². The lowest BCUT2D eigenvalue weighted by Gasteiger charge is -2.41. The normalized spacial score (nSPS) is 17.6. The fraction of sp³-hybridized carbons (Fsp3) is 0.231. The Hall–Kier alpha value is -3.31. The van der Waals surface area contributed by atoms with Crippen LogP contribution in [-0.4, -0.2) is 47.2 Å².